The van der Waals surface area contributed by atoms with E-state index in [2.05, 4.69) is 81.3 Å². The van der Waals surface area contributed by atoms with E-state index in [1.54, 1.807) is 6.92 Å². The highest BCUT2D eigenvalue weighted by Gasteiger charge is 2.20. The highest BCUT2D eigenvalue weighted by atomic mass is 79.9. The molecular weight excluding hydrogens is 572 g/mol. The van der Waals surface area contributed by atoms with Crippen molar-refractivity contribution in [1.29, 1.82) is 0 Å². The van der Waals surface area contributed by atoms with Gasteiger partial charge in [-0.3, -0.25) is 0 Å². The lowest BCUT2D eigenvalue weighted by Crippen LogP contribution is -2.28. The van der Waals surface area contributed by atoms with Crippen LogP contribution in [0.5, 0.6) is 5.75 Å². The molecule has 35 heavy (non-hydrogen) atoms. The van der Waals surface area contributed by atoms with Crippen molar-refractivity contribution in [3.63, 3.8) is 0 Å². The van der Waals surface area contributed by atoms with Crippen molar-refractivity contribution in [2.45, 2.75) is 33.3 Å². The second-order valence-electron chi connectivity index (χ2n) is 7.98. The largest absolute Gasteiger partial charge is 0.490 e. The van der Waals surface area contributed by atoms with Gasteiger partial charge in [-0.2, -0.15) is 0 Å². The highest BCUT2D eigenvalue weighted by molar-refractivity contribution is 9.11. The Morgan fingerprint density at radius 3 is 2.14 bits per heavy atom. The molecule has 0 heterocycles. The van der Waals surface area contributed by atoms with Crippen LogP contribution in [0.4, 0.5) is 0 Å². The Morgan fingerprint density at radius 1 is 0.886 bits per heavy atom. The molecule has 0 amide bonds. The minimum atomic E-state index is -0.589. The second kappa shape index (κ2) is 13.6. The van der Waals surface area contributed by atoms with Gasteiger partial charge in [0.05, 0.1) is 6.61 Å². The van der Waals surface area contributed by atoms with Gasteiger partial charge in [0.2, 0.25) is 0 Å². The van der Waals surface area contributed by atoms with Gasteiger partial charge in [-0.1, -0.05) is 68.3 Å². The maximum atomic E-state index is 12.1. The van der Waals surface area contributed by atoms with Crippen LogP contribution in [0.25, 0.3) is 16.7 Å². The quantitative estimate of drug-likeness (QED) is 0.210. The van der Waals surface area contributed by atoms with Crippen LogP contribution in [0.15, 0.2) is 81.8 Å². The molecule has 0 fully saturated rings. The second-order valence-corrected chi connectivity index (χ2v) is 9.81. The molecule has 0 spiro atoms. The van der Waals surface area contributed by atoms with Crippen LogP contribution in [0.1, 0.15) is 31.9 Å². The molecular formula is C29H30Br2O4. The average molecular weight is 602 g/mol. The summed E-state index contributed by atoms with van der Waals surface area (Å²) in [5.74, 6) is 0.449. The number of rotatable bonds is 11. The number of benzene rings is 3. The first-order valence-electron chi connectivity index (χ1n) is 11.6. The number of carbonyl (C=O) groups is 1. The Morgan fingerprint density at radius 2 is 1.54 bits per heavy atom. The molecule has 3 aromatic rings. The van der Waals surface area contributed by atoms with Crippen molar-refractivity contribution in [3.8, 4) is 16.9 Å². The summed E-state index contributed by atoms with van der Waals surface area (Å²) in [6.07, 6.45) is 1.96. The fourth-order valence-corrected chi connectivity index (χ4v) is 4.90. The number of carbonyl (C=O) groups excluding carboxylic acids is 1. The summed E-state index contributed by atoms with van der Waals surface area (Å²) >= 11 is 7.10. The van der Waals surface area contributed by atoms with E-state index in [0.29, 0.717) is 26.2 Å². The smallest absolute Gasteiger partial charge is 0.335 e. The predicted molar refractivity (Wildman–Crippen MR) is 149 cm³/mol. The summed E-state index contributed by atoms with van der Waals surface area (Å²) < 4.78 is 18.6. The summed E-state index contributed by atoms with van der Waals surface area (Å²) in [4.78, 5) is 12.1. The lowest BCUT2D eigenvalue weighted by atomic mass is 10.0. The first kappa shape index (κ1) is 27.2. The molecule has 0 aliphatic heterocycles. The molecule has 4 nitrogen and oxygen atoms in total. The van der Waals surface area contributed by atoms with Crippen LogP contribution >= 0.6 is 31.9 Å². The molecule has 0 radical (unpaired) electrons. The fourth-order valence-electron chi connectivity index (χ4n) is 3.61. The Balaban J connectivity index is 1.56. The van der Waals surface area contributed by atoms with Crippen LogP contribution < -0.4 is 4.74 Å². The van der Waals surface area contributed by atoms with Gasteiger partial charge in [0.15, 0.2) is 6.10 Å². The standard InChI is InChI=1S/C29H30Br2O4/c1-4-33-28(29(32)34-5-2)16-21-6-12-27(13-7-21)35-15-14-20(3)22-8-10-23(11-9-22)24-17-25(30)19-26(31)18-24/h6-14,17-19,28H,4-5,15-16H2,1-3H3/t28-/m0/s1. The van der Waals surface area contributed by atoms with Crippen molar-refractivity contribution in [1.82, 2.24) is 0 Å². The molecule has 1 atom stereocenters. The number of halogens is 2. The molecule has 0 aliphatic carbocycles. The zero-order valence-electron chi connectivity index (χ0n) is 20.2. The number of allylic oxidation sites excluding steroid dienone is 1. The van der Waals surface area contributed by atoms with Crippen molar-refractivity contribution >= 4 is 43.4 Å². The number of esters is 1. The van der Waals surface area contributed by atoms with Gasteiger partial charge in [-0.15, -0.1) is 0 Å². The molecule has 3 aromatic carbocycles. The zero-order chi connectivity index (χ0) is 25.2. The van der Waals surface area contributed by atoms with E-state index < -0.39 is 6.10 Å². The summed E-state index contributed by atoms with van der Waals surface area (Å²) in [5, 5.41) is 0. The van der Waals surface area contributed by atoms with Crippen molar-refractivity contribution in [2.75, 3.05) is 19.8 Å². The fraction of sp³-hybridized carbons (Fsp3) is 0.276. The van der Waals surface area contributed by atoms with Crippen LogP contribution in [0.3, 0.4) is 0 Å². The molecule has 0 bridgehead atoms. The Kier molecular flexibility index (Phi) is 10.6. The zero-order valence-corrected chi connectivity index (χ0v) is 23.4. The minimum Gasteiger partial charge on any atom is -0.490 e. The molecule has 6 heteroatoms. The first-order chi connectivity index (χ1) is 16.9. The molecule has 0 aliphatic rings. The van der Waals surface area contributed by atoms with E-state index in [9.17, 15) is 4.79 Å². The molecule has 0 aromatic heterocycles. The summed E-state index contributed by atoms with van der Waals surface area (Å²) in [5.41, 5.74) is 5.61. The van der Waals surface area contributed by atoms with Crippen LogP contribution in [-0.2, 0) is 20.7 Å². The molecule has 3 rings (SSSR count). The van der Waals surface area contributed by atoms with Gasteiger partial charge >= 0.3 is 5.97 Å². The normalized spacial score (nSPS) is 12.3. The van der Waals surface area contributed by atoms with Gasteiger partial charge in [0, 0.05) is 22.0 Å². The SMILES string of the molecule is CCOC(=O)[C@H](Cc1ccc(OCC=C(C)c2ccc(-c3cc(Br)cc(Br)c3)cc2)cc1)OCC. The maximum Gasteiger partial charge on any atom is 0.335 e. The van der Waals surface area contributed by atoms with Gasteiger partial charge in [-0.05, 0) is 85.0 Å². The van der Waals surface area contributed by atoms with E-state index in [4.69, 9.17) is 14.2 Å². The monoisotopic (exact) mass is 600 g/mol. The Labute approximate surface area is 224 Å². The van der Waals surface area contributed by atoms with E-state index in [1.165, 1.54) is 0 Å². The van der Waals surface area contributed by atoms with Crippen molar-refractivity contribution in [3.05, 3.63) is 92.9 Å². The van der Waals surface area contributed by atoms with Gasteiger partial charge in [-0.25, -0.2) is 4.79 Å². The Hall–Kier alpha value is -2.41. The van der Waals surface area contributed by atoms with Gasteiger partial charge in [0.25, 0.3) is 0 Å². The molecule has 0 unspecified atom stereocenters. The van der Waals surface area contributed by atoms with Crippen LogP contribution in [-0.4, -0.2) is 31.9 Å². The lowest BCUT2D eigenvalue weighted by molar-refractivity contribution is -0.156. The van der Waals surface area contributed by atoms with Crippen LogP contribution in [0.2, 0.25) is 0 Å². The third kappa shape index (κ3) is 8.34. The van der Waals surface area contributed by atoms with Gasteiger partial charge in [0.1, 0.15) is 12.4 Å². The third-order valence-corrected chi connectivity index (χ3v) is 6.35. The minimum absolute atomic E-state index is 0.326. The predicted octanol–water partition coefficient (Wildman–Crippen LogP) is 7.87. The average Bonchev–Trinajstić information content (AvgIpc) is 2.84. The van der Waals surface area contributed by atoms with E-state index >= 15 is 0 Å². The topological polar surface area (TPSA) is 44.8 Å². The summed E-state index contributed by atoms with van der Waals surface area (Å²) in [7, 11) is 0. The summed E-state index contributed by atoms with van der Waals surface area (Å²) in [6, 6.07) is 22.5. The number of ether oxygens (including phenoxy) is 3. The molecule has 0 saturated heterocycles. The highest BCUT2D eigenvalue weighted by Crippen LogP contribution is 2.28. The van der Waals surface area contributed by atoms with E-state index in [0.717, 1.165) is 42.5 Å². The maximum absolute atomic E-state index is 12.1. The number of hydrogen-bond donors (Lipinski definition) is 0. The van der Waals surface area contributed by atoms with Crippen LogP contribution in [0, 0.1) is 0 Å². The first-order valence-corrected chi connectivity index (χ1v) is 13.2. The molecule has 0 saturated carbocycles. The van der Waals surface area contributed by atoms with Crippen molar-refractivity contribution in [2.24, 2.45) is 0 Å². The lowest BCUT2D eigenvalue weighted by Gasteiger charge is -2.15. The summed E-state index contributed by atoms with van der Waals surface area (Å²) in [6.45, 7) is 7.02. The third-order valence-electron chi connectivity index (χ3n) is 5.44. The van der Waals surface area contributed by atoms with Crippen molar-refractivity contribution < 1.29 is 19.0 Å². The van der Waals surface area contributed by atoms with Gasteiger partial charge < -0.3 is 14.2 Å². The van der Waals surface area contributed by atoms with E-state index in [-0.39, 0.29) is 5.97 Å². The Bertz CT molecular complexity index is 1120. The molecule has 184 valence electrons. The number of hydrogen-bond acceptors (Lipinski definition) is 4. The van der Waals surface area contributed by atoms with E-state index in [1.807, 2.05) is 37.3 Å². The molecule has 0 N–H and O–H groups in total.